The van der Waals surface area contributed by atoms with Gasteiger partial charge in [0.1, 0.15) is 4.90 Å². The summed E-state index contributed by atoms with van der Waals surface area (Å²) in [4.78, 5) is 12.3. The number of nitrogens with two attached hydrogens (primary N) is 1. The lowest BCUT2D eigenvalue weighted by Gasteiger charge is -2.19. The number of methoxy groups -OCH3 is 3. The zero-order valence-corrected chi connectivity index (χ0v) is 17.1. The van der Waals surface area contributed by atoms with E-state index in [1.807, 2.05) is 6.07 Å². The minimum Gasteiger partial charge on any atom is -0.493 e. The van der Waals surface area contributed by atoms with E-state index >= 15 is 0 Å². The van der Waals surface area contributed by atoms with Crippen LogP contribution in [0.4, 0.5) is 0 Å². The van der Waals surface area contributed by atoms with Crippen LogP contribution >= 0.6 is 0 Å². The molecule has 28 heavy (non-hydrogen) atoms. The van der Waals surface area contributed by atoms with Gasteiger partial charge in [-0.1, -0.05) is 6.07 Å². The normalized spacial score (nSPS) is 15.8. The summed E-state index contributed by atoms with van der Waals surface area (Å²) in [5.41, 5.74) is 8.63. The van der Waals surface area contributed by atoms with Crippen LogP contribution in [0.3, 0.4) is 0 Å². The molecule has 0 saturated carbocycles. The number of hydrogen-bond acceptors (Lipinski definition) is 7. The molecule has 0 aliphatic heterocycles. The van der Waals surface area contributed by atoms with Crippen LogP contribution < -0.4 is 25.4 Å². The van der Waals surface area contributed by atoms with Crippen molar-refractivity contribution in [3.05, 3.63) is 45.6 Å². The van der Waals surface area contributed by atoms with Crippen molar-refractivity contribution in [3.8, 4) is 28.4 Å². The second-order valence-corrected chi connectivity index (χ2v) is 8.66. The van der Waals surface area contributed by atoms with Gasteiger partial charge in [0.2, 0.25) is 5.75 Å². The molecule has 0 saturated heterocycles. The largest absolute Gasteiger partial charge is 0.493 e. The summed E-state index contributed by atoms with van der Waals surface area (Å²) in [5, 5.41) is 0. The minimum atomic E-state index is -3.68. The molecular formula is C20H23NO6S. The summed E-state index contributed by atoms with van der Waals surface area (Å²) in [7, 11) is 0.897. The molecule has 0 aromatic heterocycles. The van der Waals surface area contributed by atoms with Crippen LogP contribution in [0.15, 0.2) is 34.0 Å². The van der Waals surface area contributed by atoms with Crippen LogP contribution in [-0.4, -0.2) is 36.0 Å². The summed E-state index contributed by atoms with van der Waals surface area (Å²) >= 11 is 0. The van der Waals surface area contributed by atoms with E-state index in [2.05, 4.69) is 0 Å². The molecule has 1 unspecified atom stereocenters. The molecule has 7 nitrogen and oxygen atoms in total. The SMILES string of the molecule is COc1cc2c(c(OC)c1OC)-c1ccc(S(C)(=O)=O)c(=O)cc1C(N)CC2. The fraction of sp³-hybridized carbons (Fsp3) is 0.350. The topological polar surface area (TPSA) is 105 Å². The third-order valence-electron chi connectivity index (χ3n) is 4.95. The quantitative estimate of drug-likeness (QED) is 0.830. The first-order chi connectivity index (χ1) is 13.2. The van der Waals surface area contributed by atoms with Crippen LogP contribution in [0.25, 0.3) is 11.1 Å². The van der Waals surface area contributed by atoms with Gasteiger partial charge in [-0.2, -0.15) is 0 Å². The molecule has 8 heteroatoms. The van der Waals surface area contributed by atoms with Crippen molar-refractivity contribution in [2.45, 2.75) is 23.8 Å². The Labute approximate surface area is 164 Å². The molecule has 1 atom stereocenters. The fourth-order valence-corrected chi connectivity index (χ4v) is 4.37. The second kappa shape index (κ2) is 7.44. The Hall–Kier alpha value is -2.58. The molecule has 150 valence electrons. The molecule has 2 aromatic carbocycles. The van der Waals surface area contributed by atoms with Gasteiger partial charge in [-0.15, -0.1) is 0 Å². The number of fused-ring (bicyclic) bond motifs is 3. The van der Waals surface area contributed by atoms with Crippen LogP contribution in [0.1, 0.15) is 23.6 Å². The number of benzene rings is 1. The molecule has 2 N–H and O–H groups in total. The zero-order chi connectivity index (χ0) is 20.6. The molecule has 0 radical (unpaired) electrons. The summed E-state index contributed by atoms with van der Waals surface area (Å²) in [5.74, 6) is 1.39. The lowest BCUT2D eigenvalue weighted by atomic mass is 9.95. The van der Waals surface area contributed by atoms with Gasteiger partial charge < -0.3 is 19.9 Å². The van der Waals surface area contributed by atoms with E-state index in [4.69, 9.17) is 19.9 Å². The van der Waals surface area contributed by atoms with E-state index in [-0.39, 0.29) is 4.90 Å². The maximum absolute atomic E-state index is 12.6. The molecule has 1 aliphatic carbocycles. The Morgan fingerprint density at radius 3 is 2.29 bits per heavy atom. The second-order valence-electron chi connectivity index (χ2n) is 6.67. The average Bonchev–Trinajstić information content (AvgIpc) is 2.89. The lowest BCUT2D eigenvalue weighted by molar-refractivity contribution is 0.324. The summed E-state index contributed by atoms with van der Waals surface area (Å²) in [6.07, 6.45) is 2.23. The van der Waals surface area contributed by atoms with Crippen molar-refractivity contribution in [2.24, 2.45) is 5.73 Å². The molecule has 2 aromatic rings. The fourth-order valence-electron chi connectivity index (χ4n) is 3.63. The highest BCUT2D eigenvalue weighted by Gasteiger charge is 2.28. The van der Waals surface area contributed by atoms with Crippen molar-refractivity contribution in [3.63, 3.8) is 0 Å². The van der Waals surface area contributed by atoms with Gasteiger partial charge in [-0.3, -0.25) is 4.79 Å². The molecule has 0 spiro atoms. The minimum absolute atomic E-state index is 0.270. The number of hydrogen-bond donors (Lipinski definition) is 1. The van der Waals surface area contributed by atoms with E-state index in [1.165, 1.54) is 26.4 Å². The number of ether oxygens (including phenoxy) is 3. The summed E-state index contributed by atoms with van der Waals surface area (Å²) in [6, 6.07) is 5.69. The zero-order valence-electron chi connectivity index (χ0n) is 16.2. The Bertz CT molecular complexity index is 1090. The van der Waals surface area contributed by atoms with Crippen molar-refractivity contribution in [1.29, 1.82) is 0 Å². The average molecular weight is 405 g/mol. The Morgan fingerprint density at radius 1 is 1.04 bits per heavy atom. The predicted molar refractivity (Wildman–Crippen MR) is 106 cm³/mol. The highest BCUT2D eigenvalue weighted by Crippen LogP contribution is 2.49. The van der Waals surface area contributed by atoms with Gasteiger partial charge in [0.15, 0.2) is 26.8 Å². The Balaban J connectivity index is 2.47. The molecular weight excluding hydrogens is 382 g/mol. The van der Waals surface area contributed by atoms with E-state index in [0.29, 0.717) is 41.2 Å². The van der Waals surface area contributed by atoms with Crippen molar-refractivity contribution >= 4 is 9.84 Å². The van der Waals surface area contributed by atoms with Gasteiger partial charge in [0, 0.05) is 17.9 Å². The van der Waals surface area contributed by atoms with Gasteiger partial charge in [0.25, 0.3) is 0 Å². The molecule has 0 bridgehead atoms. The monoisotopic (exact) mass is 405 g/mol. The highest BCUT2D eigenvalue weighted by atomic mass is 32.2. The van der Waals surface area contributed by atoms with Crippen LogP contribution in [0.5, 0.6) is 17.2 Å². The molecule has 0 amide bonds. The highest BCUT2D eigenvalue weighted by molar-refractivity contribution is 7.90. The number of aryl methyl sites for hydroxylation is 1. The van der Waals surface area contributed by atoms with E-state index in [9.17, 15) is 13.2 Å². The first-order valence-electron chi connectivity index (χ1n) is 8.69. The number of rotatable bonds is 4. The summed E-state index contributed by atoms with van der Waals surface area (Å²) < 4.78 is 40.6. The maximum Gasteiger partial charge on any atom is 0.203 e. The van der Waals surface area contributed by atoms with Gasteiger partial charge >= 0.3 is 0 Å². The van der Waals surface area contributed by atoms with Gasteiger partial charge in [-0.25, -0.2) is 8.42 Å². The third kappa shape index (κ3) is 3.33. The third-order valence-corrected chi connectivity index (χ3v) is 6.08. The number of sulfone groups is 1. The van der Waals surface area contributed by atoms with Crippen LogP contribution in [0, 0.1) is 0 Å². The lowest BCUT2D eigenvalue weighted by Crippen LogP contribution is -2.14. The van der Waals surface area contributed by atoms with Crippen LogP contribution in [0.2, 0.25) is 0 Å². The molecule has 3 rings (SSSR count). The Kier molecular flexibility index (Phi) is 5.36. The van der Waals surface area contributed by atoms with Crippen molar-refractivity contribution in [1.82, 2.24) is 0 Å². The smallest absolute Gasteiger partial charge is 0.203 e. The maximum atomic E-state index is 12.6. The molecule has 0 heterocycles. The van der Waals surface area contributed by atoms with Crippen LogP contribution in [-0.2, 0) is 16.3 Å². The van der Waals surface area contributed by atoms with Gasteiger partial charge in [-0.05, 0) is 47.7 Å². The molecule has 1 aliphatic rings. The standard InChI is InChI=1S/C20H23NO6S/c1-25-16-9-11-5-7-14(21)13-10-15(22)17(28(4,23)24)8-6-12(13)18(11)20(27-3)19(16)26-2/h6,8-10,14H,5,7,21H2,1-4H3. The Morgan fingerprint density at radius 2 is 1.71 bits per heavy atom. The van der Waals surface area contributed by atoms with Crippen molar-refractivity contribution < 1.29 is 22.6 Å². The first kappa shape index (κ1) is 20.2. The molecule has 0 fully saturated rings. The summed E-state index contributed by atoms with van der Waals surface area (Å²) in [6.45, 7) is 0. The van der Waals surface area contributed by atoms with E-state index in [1.54, 1.807) is 13.2 Å². The van der Waals surface area contributed by atoms with Crippen molar-refractivity contribution in [2.75, 3.05) is 27.6 Å². The first-order valence-corrected chi connectivity index (χ1v) is 10.6. The van der Waals surface area contributed by atoms with E-state index in [0.717, 1.165) is 17.4 Å². The van der Waals surface area contributed by atoms with Gasteiger partial charge in [0.05, 0.1) is 21.3 Å². The predicted octanol–water partition coefficient (Wildman–Crippen LogP) is 2.09. The van der Waals surface area contributed by atoms with E-state index < -0.39 is 21.3 Å².